The van der Waals surface area contributed by atoms with E-state index < -0.39 is 0 Å². The molecule has 1 aromatic carbocycles. The van der Waals surface area contributed by atoms with Crippen molar-refractivity contribution in [2.75, 3.05) is 18.4 Å². The predicted molar refractivity (Wildman–Crippen MR) is 80.9 cm³/mol. The van der Waals surface area contributed by atoms with Gasteiger partial charge in [0.1, 0.15) is 0 Å². The predicted octanol–water partition coefficient (Wildman–Crippen LogP) is 3.63. The van der Waals surface area contributed by atoms with Gasteiger partial charge in [0.15, 0.2) is 0 Å². The first kappa shape index (κ1) is 14.1. The molecule has 0 radical (unpaired) electrons. The molecule has 98 valence electrons. The molecule has 0 aliphatic carbocycles. The maximum absolute atomic E-state index is 12.2. The van der Waals surface area contributed by atoms with Gasteiger partial charge >= 0.3 is 0 Å². The first-order valence-corrected chi connectivity index (χ1v) is 8.18. The zero-order valence-electron chi connectivity index (χ0n) is 10.2. The van der Waals surface area contributed by atoms with E-state index in [1.54, 1.807) is 0 Å². The molecule has 1 atom stereocenters. The van der Waals surface area contributed by atoms with Gasteiger partial charge in [0, 0.05) is 22.9 Å². The number of alkyl halides is 1. The van der Waals surface area contributed by atoms with E-state index in [9.17, 15) is 4.79 Å². The van der Waals surface area contributed by atoms with Gasteiger partial charge < -0.3 is 4.90 Å². The van der Waals surface area contributed by atoms with Crippen LogP contribution in [0.25, 0.3) is 0 Å². The zero-order chi connectivity index (χ0) is 13.0. The van der Waals surface area contributed by atoms with Crippen molar-refractivity contribution in [3.63, 3.8) is 0 Å². The third-order valence-electron chi connectivity index (χ3n) is 3.36. The Morgan fingerprint density at radius 2 is 2.06 bits per heavy atom. The summed E-state index contributed by atoms with van der Waals surface area (Å²) in [5.74, 6) is 0.871. The van der Waals surface area contributed by atoms with Crippen LogP contribution >= 0.6 is 31.9 Å². The molecule has 1 aliphatic rings. The number of rotatable bonds is 3. The summed E-state index contributed by atoms with van der Waals surface area (Å²) in [6.45, 7) is 1.82. The van der Waals surface area contributed by atoms with Crippen LogP contribution in [-0.2, 0) is 11.2 Å². The van der Waals surface area contributed by atoms with E-state index in [0.29, 0.717) is 12.3 Å². The molecule has 18 heavy (non-hydrogen) atoms. The molecule has 2 nitrogen and oxygen atoms in total. The van der Waals surface area contributed by atoms with E-state index in [-0.39, 0.29) is 5.91 Å². The molecular weight excluding hydrogens is 358 g/mol. The number of benzene rings is 1. The Morgan fingerprint density at radius 1 is 1.33 bits per heavy atom. The Labute approximate surface area is 125 Å². The van der Waals surface area contributed by atoms with Crippen LogP contribution in [0.5, 0.6) is 0 Å². The van der Waals surface area contributed by atoms with E-state index in [0.717, 1.165) is 34.9 Å². The van der Waals surface area contributed by atoms with E-state index in [4.69, 9.17) is 0 Å². The minimum Gasteiger partial charge on any atom is -0.342 e. The van der Waals surface area contributed by atoms with Gasteiger partial charge in [0.05, 0.1) is 6.42 Å². The van der Waals surface area contributed by atoms with Crippen molar-refractivity contribution >= 4 is 37.8 Å². The Hall–Kier alpha value is -0.350. The molecule has 0 bridgehead atoms. The van der Waals surface area contributed by atoms with Gasteiger partial charge in [-0.05, 0) is 36.5 Å². The Bertz CT molecular complexity index is 405. The van der Waals surface area contributed by atoms with E-state index in [1.165, 1.54) is 6.42 Å². The van der Waals surface area contributed by atoms with Crippen molar-refractivity contribution in [2.24, 2.45) is 5.92 Å². The van der Waals surface area contributed by atoms with Crippen LogP contribution in [0.15, 0.2) is 28.7 Å². The van der Waals surface area contributed by atoms with Crippen LogP contribution in [-0.4, -0.2) is 29.2 Å². The molecule has 0 N–H and O–H groups in total. The lowest BCUT2D eigenvalue weighted by Gasteiger charge is -2.32. The van der Waals surface area contributed by atoms with E-state index in [1.807, 2.05) is 29.2 Å². The van der Waals surface area contributed by atoms with Gasteiger partial charge in [-0.2, -0.15) is 0 Å². The highest BCUT2D eigenvalue weighted by atomic mass is 79.9. The summed E-state index contributed by atoms with van der Waals surface area (Å²) in [4.78, 5) is 14.2. The van der Waals surface area contributed by atoms with Crippen LogP contribution < -0.4 is 0 Å². The highest BCUT2D eigenvalue weighted by Crippen LogP contribution is 2.19. The first-order valence-electron chi connectivity index (χ1n) is 6.27. The van der Waals surface area contributed by atoms with Gasteiger partial charge in [-0.25, -0.2) is 0 Å². The molecule has 1 aliphatic heterocycles. The molecule has 0 saturated carbocycles. The second-order valence-electron chi connectivity index (χ2n) is 4.81. The number of hydrogen-bond donors (Lipinski definition) is 0. The molecule has 1 unspecified atom stereocenters. The van der Waals surface area contributed by atoms with Crippen molar-refractivity contribution in [1.29, 1.82) is 0 Å². The summed E-state index contributed by atoms with van der Waals surface area (Å²) >= 11 is 6.92. The molecule has 2 rings (SSSR count). The van der Waals surface area contributed by atoms with Crippen LogP contribution in [0.2, 0.25) is 0 Å². The Kier molecular flexibility index (Phi) is 5.25. The topological polar surface area (TPSA) is 20.3 Å². The monoisotopic (exact) mass is 373 g/mol. The van der Waals surface area contributed by atoms with Gasteiger partial charge in [-0.1, -0.05) is 44.0 Å². The molecule has 1 amide bonds. The number of hydrogen-bond acceptors (Lipinski definition) is 1. The van der Waals surface area contributed by atoms with Crippen molar-refractivity contribution < 1.29 is 4.79 Å². The Balaban J connectivity index is 1.93. The number of piperidine rings is 1. The normalized spacial score (nSPS) is 19.9. The summed E-state index contributed by atoms with van der Waals surface area (Å²) in [6, 6.07) is 7.99. The number of carbonyl (C=O) groups is 1. The third kappa shape index (κ3) is 3.82. The van der Waals surface area contributed by atoms with Gasteiger partial charge in [0.25, 0.3) is 0 Å². The average molecular weight is 375 g/mol. The summed E-state index contributed by atoms with van der Waals surface area (Å²) in [5.41, 5.74) is 1.09. The van der Waals surface area contributed by atoms with Crippen molar-refractivity contribution in [2.45, 2.75) is 19.3 Å². The second kappa shape index (κ2) is 6.71. The van der Waals surface area contributed by atoms with Crippen LogP contribution in [0.1, 0.15) is 18.4 Å². The van der Waals surface area contributed by atoms with E-state index in [2.05, 4.69) is 31.9 Å². The summed E-state index contributed by atoms with van der Waals surface area (Å²) in [5, 5.41) is 0.995. The van der Waals surface area contributed by atoms with Crippen LogP contribution in [0.4, 0.5) is 0 Å². The average Bonchev–Trinajstić information content (AvgIpc) is 2.41. The fraction of sp³-hybridized carbons (Fsp3) is 0.500. The van der Waals surface area contributed by atoms with Gasteiger partial charge in [0.2, 0.25) is 5.91 Å². The van der Waals surface area contributed by atoms with Crippen molar-refractivity contribution in [1.82, 2.24) is 4.90 Å². The van der Waals surface area contributed by atoms with Gasteiger partial charge in [-0.15, -0.1) is 0 Å². The third-order valence-corrected chi connectivity index (χ3v) is 4.80. The smallest absolute Gasteiger partial charge is 0.226 e. The fourth-order valence-electron chi connectivity index (χ4n) is 2.31. The van der Waals surface area contributed by atoms with E-state index >= 15 is 0 Å². The maximum atomic E-state index is 12.2. The minimum absolute atomic E-state index is 0.253. The molecule has 1 aromatic rings. The highest BCUT2D eigenvalue weighted by Gasteiger charge is 2.22. The molecule has 0 aromatic heterocycles. The SMILES string of the molecule is O=C(Cc1ccc(Br)cc1)N1CCCC(CBr)C1. The largest absolute Gasteiger partial charge is 0.342 e. The van der Waals surface area contributed by atoms with Gasteiger partial charge in [-0.3, -0.25) is 4.79 Å². The maximum Gasteiger partial charge on any atom is 0.226 e. The molecule has 1 heterocycles. The van der Waals surface area contributed by atoms with Crippen LogP contribution in [0.3, 0.4) is 0 Å². The molecular formula is C14H17Br2NO. The highest BCUT2D eigenvalue weighted by molar-refractivity contribution is 9.10. The molecule has 4 heteroatoms. The summed E-state index contributed by atoms with van der Waals surface area (Å²) < 4.78 is 1.05. The number of halogens is 2. The van der Waals surface area contributed by atoms with Crippen LogP contribution in [0, 0.1) is 5.92 Å². The lowest BCUT2D eigenvalue weighted by molar-refractivity contribution is -0.132. The summed E-state index contributed by atoms with van der Waals surface area (Å²) in [6.07, 6.45) is 2.87. The second-order valence-corrected chi connectivity index (χ2v) is 6.37. The quantitative estimate of drug-likeness (QED) is 0.740. The minimum atomic E-state index is 0.253. The fourth-order valence-corrected chi connectivity index (χ4v) is 3.10. The van der Waals surface area contributed by atoms with Crippen molar-refractivity contribution in [3.05, 3.63) is 34.3 Å². The number of amides is 1. The summed E-state index contributed by atoms with van der Waals surface area (Å²) in [7, 11) is 0. The molecule has 1 fully saturated rings. The molecule has 1 saturated heterocycles. The zero-order valence-corrected chi connectivity index (χ0v) is 13.4. The number of nitrogens with zero attached hydrogens (tertiary/aromatic N) is 1. The number of carbonyl (C=O) groups excluding carboxylic acids is 1. The lowest BCUT2D eigenvalue weighted by atomic mass is 9.99. The molecule has 0 spiro atoms. The first-order chi connectivity index (χ1) is 8.69. The standard InChI is InChI=1S/C14H17Br2NO/c15-9-12-2-1-7-17(10-12)14(18)8-11-3-5-13(16)6-4-11/h3-6,12H,1-2,7-10H2. The Morgan fingerprint density at radius 3 is 2.72 bits per heavy atom. The van der Waals surface area contributed by atoms with Crippen molar-refractivity contribution in [3.8, 4) is 0 Å². The lowest BCUT2D eigenvalue weighted by Crippen LogP contribution is -2.41. The number of likely N-dealkylation sites (tertiary alicyclic amines) is 1.